The number of rotatable bonds is 0. The van der Waals surface area contributed by atoms with Crippen LogP contribution in [0.4, 0.5) is 0 Å². The van der Waals surface area contributed by atoms with Crippen LogP contribution in [0, 0.1) is 0 Å². The van der Waals surface area contributed by atoms with E-state index in [4.69, 9.17) is 0 Å². The van der Waals surface area contributed by atoms with Crippen LogP contribution in [0.25, 0.3) is 0 Å². The molecule has 0 spiro atoms. The maximum Gasteiger partial charge on any atom is 0 e. The molecule has 0 saturated heterocycles. The van der Waals surface area contributed by atoms with Crippen LogP contribution in [-0.4, -0.2) is 139 Å². The van der Waals surface area contributed by atoms with Gasteiger partial charge in [0.25, 0.3) is 0 Å². The first kappa shape index (κ1) is 23.4. The van der Waals surface area contributed by atoms with E-state index in [9.17, 15) is 0 Å². The van der Waals surface area contributed by atoms with Crippen molar-refractivity contribution in [3.05, 3.63) is 0 Å². The van der Waals surface area contributed by atoms with Gasteiger partial charge in [-0.2, -0.15) is 0 Å². The molecule has 0 aromatic carbocycles. The molecule has 0 aliphatic rings. The molecule has 0 amide bonds. The van der Waals surface area contributed by atoms with E-state index < -0.39 is 0 Å². The summed E-state index contributed by atoms with van der Waals surface area (Å²) in [5.41, 5.74) is 0. The van der Waals surface area contributed by atoms with Gasteiger partial charge in [-0.25, -0.2) is 0 Å². The van der Waals surface area contributed by atoms with Gasteiger partial charge in [-0.1, -0.05) is 0 Å². The van der Waals surface area contributed by atoms with Crippen molar-refractivity contribution in [1.29, 1.82) is 0 Å². The Morgan fingerprint density at radius 1 is 0.500 bits per heavy atom. The van der Waals surface area contributed by atoms with Crippen LogP contribution in [0.1, 0.15) is 0 Å². The van der Waals surface area contributed by atoms with Crippen LogP contribution < -0.4 is 0 Å². The average molecular weight is 235 g/mol. The van der Waals surface area contributed by atoms with Gasteiger partial charge < -0.3 is 0 Å². The van der Waals surface area contributed by atoms with Gasteiger partial charge in [-0.3, -0.25) is 0 Å². The molecule has 0 N–H and O–H groups in total. The summed E-state index contributed by atoms with van der Waals surface area (Å²) in [5.74, 6) is 0. The molecule has 9 radical (unpaired) electrons. The van der Waals surface area contributed by atoms with Crippen LogP contribution in [0.5, 0.6) is 0 Å². The predicted molar refractivity (Wildman–Crippen MR) is 23.0 cm³/mol. The van der Waals surface area contributed by atoms with E-state index in [0.717, 1.165) is 0 Å². The Morgan fingerprint density at radius 2 is 0.500 bits per heavy atom. The third-order valence-corrected chi connectivity index (χ3v) is 0. The molecule has 4 heavy (non-hydrogen) atoms. The van der Waals surface area contributed by atoms with E-state index >= 15 is 0 Å². The molecule has 0 aromatic heterocycles. The smallest absolute Gasteiger partial charge is 0 e. The topological polar surface area (TPSA) is 0 Å². The summed E-state index contributed by atoms with van der Waals surface area (Å²) in [6.07, 6.45) is 0. The second kappa shape index (κ2) is 15.6. The molecule has 0 unspecified atom stereocenters. The largest absolute Gasteiger partial charge is 0 e. The summed E-state index contributed by atoms with van der Waals surface area (Å²) >= 11 is 0. The average Bonchev–Trinajstić information content (AvgIpc) is 0. The van der Waals surface area contributed by atoms with Crippen molar-refractivity contribution >= 4 is 139 Å². The standard InChI is InChI=1S/3Ca.In. The molecule has 0 aliphatic heterocycles. The fourth-order valence-corrected chi connectivity index (χ4v) is 0. The van der Waals surface area contributed by atoms with Crippen LogP contribution >= 0.6 is 0 Å². The summed E-state index contributed by atoms with van der Waals surface area (Å²) in [6.45, 7) is 0. The minimum Gasteiger partial charge on any atom is 0 e. The Labute approximate surface area is 135 Å². The third-order valence-electron chi connectivity index (χ3n) is 0. The summed E-state index contributed by atoms with van der Waals surface area (Å²) in [5, 5.41) is 0. The fourth-order valence-electron chi connectivity index (χ4n) is 0. The maximum atomic E-state index is 0. The van der Waals surface area contributed by atoms with Crippen molar-refractivity contribution in [3.8, 4) is 0 Å². The molecule has 0 aliphatic carbocycles. The van der Waals surface area contributed by atoms with Crippen LogP contribution in [0.2, 0.25) is 0 Å². The van der Waals surface area contributed by atoms with Gasteiger partial charge in [-0.15, -0.1) is 0 Å². The molecule has 0 rings (SSSR count). The van der Waals surface area contributed by atoms with Crippen molar-refractivity contribution in [2.45, 2.75) is 0 Å². The zero-order valence-electron chi connectivity index (χ0n) is 2.70. The Bertz CT molecular complexity index is 3.25. The second-order valence-electron chi connectivity index (χ2n) is 0. The zero-order valence-corrected chi connectivity index (χ0v) is 12.6. The molecule has 0 fully saturated rings. The minimum absolute atomic E-state index is 0. The summed E-state index contributed by atoms with van der Waals surface area (Å²) in [7, 11) is 0. The fraction of sp³-hybridized carbons (Fsp3) is 0. The summed E-state index contributed by atoms with van der Waals surface area (Å²) in [4.78, 5) is 0. The predicted octanol–water partition coefficient (Wildman–Crippen LogP) is -1.52. The van der Waals surface area contributed by atoms with E-state index in [-0.39, 0.29) is 139 Å². The second-order valence-corrected chi connectivity index (χ2v) is 0. The van der Waals surface area contributed by atoms with Crippen molar-refractivity contribution in [3.63, 3.8) is 0 Å². The molecule has 0 bridgehead atoms. The molecular formula is Ca3In. The maximum absolute atomic E-state index is 0. The molecular weight excluding hydrogens is 235 g/mol. The first-order chi connectivity index (χ1) is 0. The first-order valence-corrected chi connectivity index (χ1v) is 0. The minimum atomic E-state index is 0. The van der Waals surface area contributed by atoms with E-state index in [1.165, 1.54) is 0 Å². The van der Waals surface area contributed by atoms with Crippen LogP contribution in [0.3, 0.4) is 0 Å². The summed E-state index contributed by atoms with van der Waals surface area (Å²) in [6, 6.07) is 0. The third kappa shape index (κ3) is 9.82. The van der Waals surface area contributed by atoms with E-state index in [1.807, 2.05) is 0 Å². The normalized spacial score (nSPS) is 0. The van der Waals surface area contributed by atoms with Crippen molar-refractivity contribution in [2.75, 3.05) is 0 Å². The monoisotopic (exact) mass is 235 g/mol. The first-order valence-electron chi connectivity index (χ1n) is 0. The van der Waals surface area contributed by atoms with Crippen molar-refractivity contribution in [2.24, 2.45) is 0 Å². The molecule has 9 valence electrons. The van der Waals surface area contributed by atoms with Gasteiger partial charge in [0.1, 0.15) is 0 Å². The molecule has 0 nitrogen and oxygen atoms in total. The van der Waals surface area contributed by atoms with E-state index in [2.05, 4.69) is 0 Å². The number of hydrogen-bond donors (Lipinski definition) is 0. The van der Waals surface area contributed by atoms with E-state index in [1.54, 1.807) is 0 Å². The van der Waals surface area contributed by atoms with E-state index in [0.29, 0.717) is 0 Å². The Hall–Kier alpha value is 4.65. The van der Waals surface area contributed by atoms with Gasteiger partial charge in [-0.05, 0) is 0 Å². The van der Waals surface area contributed by atoms with Crippen molar-refractivity contribution < 1.29 is 0 Å². The van der Waals surface area contributed by atoms with Crippen LogP contribution in [-0.2, 0) is 0 Å². The van der Waals surface area contributed by atoms with Gasteiger partial charge in [0, 0.05) is 139 Å². The SMILES string of the molecule is [Ca].[Ca].[Ca].[In]. The van der Waals surface area contributed by atoms with Gasteiger partial charge in [0.05, 0.1) is 0 Å². The Balaban J connectivity index is 0. The molecule has 0 aromatic rings. The van der Waals surface area contributed by atoms with Gasteiger partial charge >= 0.3 is 0 Å². The van der Waals surface area contributed by atoms with Gasteiger partial charge in [0.15, 0.2) is 0 Å². The quantitative estimate of drug-likeness (QED) is 0.447. The molecule has 0 saturated carbocycles. The Kier molecular flexibility index (Phi) is 91.6. The zero-order chi connectivity index (χ0) is 0. The van der Waals surface area contributed by atoms with Crippen molar-refractivity contribution in [1.82, 2.24) is 0 Å². The Morgan fingerprint density at radius 3 is 0.500 bits per heavy atom. The molecule has 0 atom stereocenters. The van der Waals surface area contributed by atoms with Gasteiger partial charge in [0.2, 0.25) is 0 Å². The van der Waals surface area contributed by atoms with Crippen LogP contribution in [0.15, 0.2) is 0 Å². The summed E-state index contributed by atoms with van der Waals surface area (Å²) < 4.78 is 0. The number of hydrogen-bond acceptors (Lipinski definition) is 0. The molecule has 0 heterocycles. The molecule has 4 heteroatoms.